The number of piperazine rings is 1. The normalized spacial score (nSPS) is 27.9. The second kappa shape index (κ2) is 5.66. The van der Waals surface area contributed by atoms with Crippen molar-refractivity contribution < 1.29 is 5.11 Å². The summed E-state index contributed by atoms with van der Waals surface area (Å²) in [6.07, 6.45) is -0.248. The lowest BCUT2D eigenvalue weighted by atomic mass is 10.2. The van der Waals surface area contributed by atoms with Gasteiger partial charge in [0, 0.05) is 38.8 Å². The summed E-state index contributed by atoms with van der Waals surface area (Å²) in [4.78, 5) is 4.74. The molecule has 2 atom stereocenters. The van der Waals surface area contributed by atoms with Gasteiger partial charge in [0.25, 0.3) is 0 Å². The minimum absolute atomic E-state index is 0.248. The van der Waals surface area contributed by atoms with Gasteiger partial charge >= 0.3 is 0 Å². The van der Waals surface area contributed by atoms with Gasteiger partial charge < -0.3 is 15.3 Å². The molecular formula is C10H23N3O. The fourth-order valence-corrected chi connectivity index (χ4v) is 1.78. The third kappa shape index (κ3) is 3.92. The van der Waals surface area contributed by atoms with E-state index in [1.807, 2.05) is 6.92 Å². The molecule has 0 bridgehead atoms. The third-order valence-corrected chi connectivity index (χ3v) is 2.80. The van der Waals surface area contributed by atoms with Crippen LogP contribution in [-0.2, 0) is 0 Å². The lowest BCUT2D eigenvalue weighted by Gasteiger charge is -2.37. The molecule has 0 aromatic carbocycles. The van der Waals surface area contributed by atoms with Gasteiger partial charge in [-0.3, -0.25) is 4.90 Å². The maximum Gasteiger partial charge on any atom is 0.0636 e. The highest BCUT2D eigenvalue weighted by molar-refractivity contribution is 4.80. The highest BCUT2D eigenvalue weighted by Gasteiger charge is 2.21. The van der Waals surface area contributed by atoms with Crippen molar-refractivity contribution >= 4 is 0 Å². The summed E-state index contributed by atoms with van der Waals surface area (Å²) in [7, 11) is 4.33. The van der Waals surface area contributed by atoms with Crippen LogP contribution in [0, 0.1) is 0 Å². The molecule has 1 aliphatic rings. The van der Waals surface area contributed by atoms with Gasteiger partial charge in [-0.25, -0.2) is 0 Å². The van der Waals surface area contributed by atoms with Gasteiger partial charge in [0.05, 0.1) is 6.10 Å². The van der Waals surface area contributed by atoms with Gasteiger partial charge in [-0.15, -0.1) is 0 Å². The van der Waals surface area contributed by atoms with Crippen molar-refractivity contribution in [3.63, 3.8) is 0 Å². The molecule has 1 rings (SSSR count). The molecule has 84 valence electrons. The van der Waals surface area contributed by atoms with E-state index in [0.717, 1.165) is 26.2 Å². The lowest BCUT2D eigenvalue weighted by Crippen LogP contribution is -2.54. The van der Waals surface area contributed by atoms with Gasteiger partial charge in [0.1, 0.15) is 0 Å². The Morgan fingerprint density at radius 2 is 2.14 bits per heavy atom. The van der Waals surface area contributed by atoms with E-state index in [1.165, 1.54) is 0 Å². The first-order valence-electron chi connectivity index (χ1n) is 5.37. The predicted molar refractivity (Wildman–Crippen MR) is 58.5 cm³/mol. The fraction of sp³-hybridized carbons (Fsp3) is 1.00. The van der Waals surface area contributed by atoms with Crippen LogP contribution in [0.5, 0.6) is 0 Å². The van der Waals surface area contributed by atoms with Crippen molar-refractivity contribution in [3.05, 3.63) is 0 Å². The van der Waals surface area contributed by atoms with Crippen molar-refractivity contribution in [2.24, 2.45) is 0 Å². The number of rotatable bonds is 4. The zero-order valence-corrected chi connectivity index (χ0v) is 9.53. The van der Waals surface area contributed by atoms with Crippen molar-refractivity contribution in [2.45, 2.75) is 19.1 Å². The number of aliphatic hydroxyl groups excluding tert-OH is 1. The quantitative estimate of drug-likeness (QED) is 0.625. The standard InChI is InChI=1S/C10H23N3O/c1-9(14)6-11-7-10-8-12(2)4-5-13(10)3/h9-11,14H,4-8H2,1-3H3. The van der Waals surface area contributed by atoms with Crippen LogP contribution in [0.25, 0.3) is 0 Å². The largest absolute Gasteiger partial charge is 0.392 e. The first-order chi connectivity index (χ1) is 6.59. The van der Waals surface area contributed by atoms with Crippen LogP contribution in [0.1, 0.15) is 6.92 Å². The van der Waals surface area contributed by atoms with E-state index in [4.69, 9.17) is 5.11 Å². The van der Waals surface area contributed by atoms with Crippen molar-refractivity contribution in [1.29, 1.82) is 0 Å². The summed E-state index contributed by atoms with van der Waals surface area (Å²) in [5.41, 5.74) is 0. The average Bonchev–Trinajstić information content (AvgIpc) is 2.10. The summed E-state index contributed by atoms with van der Waals surface area (Å²) in [6, 6.07) is 0.576. The molecule has 1 fully saturated rings. The summed E-state index contributed by atoms with van der Waals surface area (Å²) in [5.74, 6) is 0. The second-order valence-corrected chi connectivity index (χ2v) is 4.40. The van der Waals surface area contributed by atoms with Crippen LogP contribution in [-0.4, -0.2) is 73.9 Å². The van der Waals surface area contributed by atoms with E-state index < -0.39 is 0 Å². The van der Waals surface area contributed by atoms with E-state index in [-0.39, 0.29) is 6.10 Å². The number of hydrogen-bond donors (Lipinski definition) is 2. The first-order valence-corrected chi connectivity index (χ1v) is 5.37. The molecule has 14 heavy (non-hydrogen) atoms. The number of hydrogen-bond acceptors (Lipinski definition) is 4. The Morgan fingerprint density at radius 3 is 2.79 bits per heavy atom. The Hall–Kier alpha value is -0.160. The molecule has 1 saturated heterocycles. The summed E-state index contributed by atoms with van der Waals surface area (Å²) in [5, 5.41) is 12.4. The minimum atomic E-state index is -0.248. The van der Waals surface area contributed by atoms with Crippen LogP contribution >= 0.6 is 0 Å². The average molecular weight is 201 g/mol. The monoisotopic (exact) mass is 201 g/mol. The first kappa shape index (κ1) is 11.9. The molecular weight excluding hydrogens is 178 g/mol. The van der Waals surface area contributed by atoms with E-state index in [9.17, 15) is 0 Å². The number of nitrogens with one attached hydrogen (secondary N) is 1. The van der Waals surface area contributed by atoms with Crippen molar-refractivity contribution in [3.8, 4) is 0 Å². The van der Waals surface area contributed by atoms with E-state index >= 15 is 0 Å². The van der Waals surface area contributed by atoms with Crippen molar-refractivity contribution in [2.75, 3.05) is 46.8 Å². The van der Waals surface area contributed by atoms with E-state index in [2.05, 4.69) is 29.2 Å². The molecule has 4 heteroatoms. The Balaban J connectivity index is 2.20. The van der Waals surface area contributed by atoms with E-state index in [0.29, 0.717) is 12.6 Å². The van der Waals surface area contributed by atoms with Crippen LogP contribution in [0.2, 0.25) is 0 Å². The van der Waals surface area contributed by atoms with Crippen LogP contribution in [0.3, 0.4) is 0 Å². The molecule has 1 heterocycles. The van der Waals surface area contributed by atoms with Crippen LogP contribution in [0.4, 0.5) is 0 Å². The topological polar surface area (TPSA) is 38.7 Å². The highest BCUT2D eigenvalue weighted by Crippen LogP contribution is 2.04. The molecule has 0 aromatic rings. The maximum atomic E-state index is 9.11. The zero-order chi connectivity index (χ0) is 10.6. The molecule has 4 nitrogen and oxygen atoms in total. The molecule has 0 radical (unpaired) electrons. The lowest BCUT2D eigenvalue weighted by molar-refractivity contribution is 0.109. The number of likely N-dealkylation sites (N-methyl/N-ethyl adjacent to an activating group) is 2. The molecule has 0 amide bonds. The third-order valence-electron chi connectivity index (χ3n) is 2.80. The Kier molecular flexibility index (Phi) is 4.81. The Bertz CT molecular complexity index is 163. The van der Waals surface area contributed by atoms with Gasteiger partial charge in [-0.05, 0) is 21.0 Å². The SMILES string of the molecule is CC(O)CNCC1CN(C)CCN1C. The van der Waals surface area contributed by atoms with Gasteiger partial charge in [-0.1, -0.05) is 0 Å². The summed E-state index contributed by atoms with van der Waals surface area (Å²) >= 11 is 0. The molecule has 0 aliphatic carbocycles. The molecule has 0 spiro atoms. The minimum Gasteiger partial charge on any atom is -0.392 e. The van der Waals surface area contributed by atoms with Gasteiger partial charge in [-0.2, -0.15) is 0 Å². The fourth-order valence-electron chi connectivity index (χ4n) is 1.78. The number of nitrogens with zero attached hydrogens (tertiary/aromatic N) is 2. The Morgan fingerprint density at radius 1 is 1.43 bits per heavy atom. The van der Waals surface area contributed by atoms with Gasteiger partial charge in [0.2, 0.25) is 0 Å². The zero-order valence-electron chi connectivity index (χ0n) is 9.53. The van der Waals surface area contributed by atoms with Crippen LogP contribution in [0.15, 0.2) is 0 Å². The predicted octanol–water partition coefficient (Wildman–Crippen LogP) is -0.797. The molecule has 2 unspecified atom stereocenters. The van der Waals surface area contributed by atoms with E-state index in [1.54, 1.807) is 0 Å². The Labute approximate surface area is 86.9 Å². The molecule has 0 saturated carbocycles. The maximum absolute atomic E-state index is 9.11. The molecule has 2 N–H and O–H groups in total. The van der Waals surface area contributed by atoms with Crippen LogP contribution < -0.4 is 5.32 Å². The number of aliphatic hydroxyl groups is 1. The molecule has 1 aliphatic heterocycles. The summed E-state index contributed by atoms with van der Waals surface area (Å²) in [6.45, 7) is 6.87. The molecule has 0 aromatic heterocycles. The van der Waals surface area contributed by atoms with Crippen molar-refractivity contribution in [1.82, 2.24) is 15.1 Å². The van der Waals surface area contributed by atoms with Gasteiger partial charge in [0.15, 0.2) is 0 Å². The highest BCUT2D eigenvalue weighted by atomic mass is 16.3. The summed E-state index contributed by atoms with van der Waals surface area (Å²) < 4.78 is 0. The second-order valence-electron chi connectivity index (χ2n) is 4.40. The smallest absolute Gasteiger partial charge is 0.0636 e.